The summed E-state index contributed by atoms with van der Waals surface area (Å²) in [6.07, 6.45) is 1.48. The molecule has 6 nitrogen and oxygen atoms in total. The number of nitrogens with one attached hydrogen (secondary N) is 1. The minimum Gasteiger partial charge on any atom is -0.386 e. The summed E-state index contributed by atoms with van der Waals surface area (Å²) in [7, 11) is 0. The Hall–Kier alpha value is -2.91. The van der Waals surface area contributed by atoms with Crippen molar-refractivity contribution in [2.45, 2.75) is 19.4 Å². The number of benzene rings is 1. The van der Waals surface area contributed by atoms with E-state index in [1.165, 1.54) is 26.1 Å². The van der Waals surface area contributed by atoms with Gasteiger partial charge in [-0.3, -0.25) is 4.79 Å². The van der Waals surface area contributed by atoms with Gasteiger partial charge in [-0.25, -0.2) is 18.7 Å². The van der Waals surface area contributed by atoms with Crippen LogP contribution in [0, 0.1) is 18.6 Å². The highest BCUT2D eigenvalue weighted by Gasteiger charge is 2.24. The highest BCUT2D eigenvalue weighted by Crippen LogP contribution is 2.40. The molecule has 2 aromatic heterocycles. The van der Waals surface area contributed by atoms with Crippen LogP contribution in [0.3, 0.4) is 0 Å². The first kappa shape index (κ1) is 19.8. The summed E-state index contributed by atoms with van der Waals surface area (Å²) in [5.74, 6) is -1.86. The van der Waals surface area contributed by atoms with Gasteiger partial charge in [-0.05, 0) is 43.7 Å². The van der Waals surface area contributed by atoms with Crippen LogP contribution in [0.5, 0.6) is 0 Å². The van der Waals surface area contributed by atoms with Crippen molar-refractivity contribution in [2.75, 3.05) is 5.32 Å². The van der Waals surface area contributed by atoms with Crippen LogP contribution in [0.15, 0.2) is 30.5 Å². The predicted molar refractivity (Wildman–Crippen MR) is 103 cm³/mol. The minimum atomic E-state index is -1.40. The second kappa shape index (κ2) is 7.25. The van der Waals surface area contributed by atoms with Gasteiger partial charge in [0.2, 0.25) is 0 Å². The van der Waals surface area contributed by atoms with E-state index >= 15 is 0 Å². The fourth-order valence-electron chi connectivity index (χ4n) is 2.54. The summed E-state index contributed by atoms with van der Waals surface area (Å²) in [5.41, 5.74) is 3.86. The summed E-state index contributed by atoms with van der Waals surface area (Å²) in [5, 5.41) is 13.2. The third-order valence-electron chi connectivity index (χ3n) is 3.94. The Morgan fingerprint density at radius 1 is 1.29 bits per heavy atom. The number of nitrogens with zero attached hydrogens (tertiary/aromatic N) is 2. The predicted octanol–water partition coefficient (Wildman–Crippen LogP) is 3.74. The zero-order chi connectivity index (χ0) is 20.6. The highest BCUT2D eigenvalue weighted by atomic mass is 32.1. The second-order valence-corrected chi connectivity index (χ2v) is 7.63. The molecule has 0 aliphatic heterocycles. The monoisotopic (exact) mass is 403 g/mol. The van der Waals surface area contributed by atoms with E-state index in [-0.39, 0.29) is 32.4 Å². The van der Waals surface area contributed by atoms with E-state index in [4.69, 9.17) is 5.73 Å². The molecular formula is C19H17F2N4O2S. The SMILES string of the molecule is [CH2]c1nccc(Nc2sc(-c3c(F)cc(C(C)(C)O)cc3F)cc2C(N)=O)n1. The molecule has 28 heavy (non-hydrogen) atoms. The molecule has 0 atom stereocenters. The van der Waals surface area contributed by atoms with Crippen LogP contribution in [0.2, 0.25) is 0 Å². The van der Waals surface area contributed by atoms with Gasteiger partial charge in [0.05, 0.1) is 16.7 Å². The van der Waals surface area contributed by atoms with Crippen molar-refractivity contribution >= 4 is 28.1 Å². The van der Waals surface area contributed by atoms with Gasteiger partial charge in [-0.1, -0.05) is 0 Å². The Kier molecular flexibility index (Phi) is 5.14. The lowest BCUT2D eigenvalue weighted by Crippen LogP contribution is -2.16. The number of carbonyl (C=O) groups is 1. The number of thiophene rings is 1. The number of anilines is 2. The molecule has 0 aliphatic rings. The zero-order valence-electron chi connectivity index (χ0n) is 15.1. The Morgan fingerprint density at radius 2 is 1.93 bits per heavy atom. The van der Waals surface area contributed by atoms with Crippen molar-refractivity contribution in [1.82, 2.24) is 9.97 Å². The zero-order valence-corrected chi connectivity index (χ0v) is 15.9. The molecule has 3 aromatic rings. The molecule has 1 radical (unpaired) electrons. The highest BCUT2D eigenvalue weighted by molar-refractivity contribution is 7.20. The molecular weight excluding hydrogens is 386 g/mol. The summed E-state index contributed by atoms with van der Waals surface area (Å²) in [4.78, 5) is 19.9. The molecule has 1 aromatic carbocycles. The van der Waals surface area contributed by atoms with Gasteiger partial charge in [-0.2, -0.15) is 0 Å². The van der Waals surface area contributed by atoms with Crippen molar-refractivity contribution < 1.29 is 18.7 Å². The van der Waals surface area contributed by atoms with E-state index in [9.17, 15) is 18.7 Å². The van der Waals surface area contributed by atoms with E-state index in [1.807, 2.05) is 0 Å². The maximum absolute atomic E-state index is 14.6. The molecule has 3 rings (SSSR count). The summed E-state index contributed by atoms with van der Waals surface area (Å²) >= 11 is 0.948. The Morgan fingerprint density at radius 3 is 2.46 bits per heavy atom. The first-order chi connectivity index (χ1) is 13.1. The molecule has 0 aliphatic carbocycles. The van der Waals surface area contributed by atoms with Gasteiger partial charge in [0, 0.05) is 18.0 Å². The number of rotatable bonds is 5. The van der Waals surface area contributed by atoms with Crippen LogP contribution < -0.4 is 11.1 Å². The van der Waals surface area contributed by atoms with Crippen LogP contribution in [-0.2, 0) is 5.60 Å². The topological polar surface area (TPSA) is 101 Å². The lowest BCUT2D eigenvalue weighted by Gasteiger charge is -2.18. The van der Waals surface area contributed by atoms with Crippen molar-refractivity contribution in [2.24, 2.45) is 5.73 Å². The number of aliphatic hydroxyl groups is 1. The fraction of sp³-hybridized carbons (Fsp3) is 0.158. The molecule has 2 heterocycles. The molecule has 0 fully saturated rings. The molecule has 0 spiro atoms. The van der Waals surface area contributed by atoms with Crippen molar-refractivity contribution in [3.05, 3.63) is 66.0 Å². The number of hydrogen-bond donors (Lipinski definition) is 3. The van der Waals surface area contributed by atoms with Gasteiger partial charge in [0.25, 0.3) is 5.91 Å². The Balaban J connectivity index is 2.08. The maximum atomic E-state index is 14.6. The van der Waals surface area contributed by atoms with Crippen LogP contribution in [0.1, 0.15) is 35.6 Å². The second-order valence-electron chi connectivity index (χ2n) is 6.57. The minimum absolute atomic E-state index is 0.0644. The van der Waals surface area contributed by atoms with Crippen molar-refractivity contribution in [3.63, 3.8) is 0 Å². The molecule has 0 unspecified atom stereocenters. The number of hydrogen-bond acceptors (Lipinski definition) is 6. The van der Waals surface area contributed by atoms with Crippen molar-refractivity contribution in [1.29, 1.82) is 0 Å². The van der Waals surface area contributed by atoms with E-state index < -0.39 is 23.1 Å². The summed E-state index contributed by atoms with van der Waals surface area (Å²) in [6, 6.07) is 4.99. The van der Waals surface area contributed by atoms with Crippen LogP contribution in [0.25, 0.3) is 10.4 Å². The molecule has 1 amide bonds. The Labute approximate surface area is 164 Å². The van der Waals surface area contributed by atoms with Crippen LogP contribution in [0.4, 0.5) is 19.6 Å². The van der Waals surface area contributed by atoms with E-state index in [2.05, 4.69) is 22.2 Å². The third kappa shape index (κ3) is 4.00. The lowest BCUT2D eigenvalue weighted by molar-refractivity contribution is 0.0778. The largest absolute Gasteiger partial charge is 0.386 e. The standard InChI is InChI=1S/C19H17F2N4O2S/c1-9-23-5-4-15(24-9)25-18-11(17(22)26)8-14(28-18)16-12(20)6-10(7-13(16)21)19(2,3)27/h4-8,27H,1H2,2-3H3,(H2,22,26)(H,23,24,25). The first-order valence-corrected chi connectivity index (χ1v) is 8.96. The normalized spacial score (nSPS) is 11.5. The van der Waals surface area contributed by atoms with Gasteiger partial charge in [-0.15, -0.1) is 11.3 Å². The van der Waals surface area contributed by atoms with E-state index in [1.54, 1.807) is 6.07 Å². The number of carbonyl (C=O) groups excluding carboxylic acids is 1. The average Bonchev–Trinajstić information content (AvgIpc) is 2.97. The number of aromatic nitrogens is 2. The molecule has 0 saturated carbocycles. The van der Waals surface area contributed by atoms with Gasteiger partial charge >= 0.3 is 0 Å². The molecule has 4 N–H and O–H groups in total. The van der Waals surface area contributed by atoms with Gasteiger partial charge in [0.1, 0.15) is 28.3 Å². The molecule has 0 bridgehead atoms. The quantitative estimate of drug-likeness (QED) is 0.603. The molecule has 0 saturated heterocycles. The van der Waals surface area contributed by atoms with Gasteiger partial charge in [0.15, 0.2) is 0 Å². The lowest BCUT2D eigenvalue weighted by atomic mass is 9.96. The first-order valence-electron chi connectivity index (χ1n) is 8.14. The van der Waals surface area contributed by atoms with Crippen LogP contribution in [-0.4, -0.2) is 21.0 Å². The van der Waals surface area contributed by atoms with Gasteiger partial charge < -0.3 is 16.2 Å². The number of primary amides is 1. The summed E-state index contributed by atoms with van der Waals surface area (Å²) in [6.45, 7) is 6.47. The fourth-order valence-corrected chi connectivity index (χ4v) is 3.66. The average molecular weight is 403 g/mol. The van der Waals surface area contributed by atoms with Crippen molar-refractivity contribution in [3.8, 4) is 10.4 Å². The maximum Gasteiger partial charge on any atom is 0.251 e. The number of nitrogens with two attached hydrogens (primary N) is 1. The van der Waals surface area contributed by atoms with E-state index in [0.717, 1.165) is 23.5 Å². The smallest absolute Gasteiger partial charge is 0.251 e. The number of halogens is 2. The summed E-state index contributed by atoms with van der Waals surface area (Å²) < 4.78 is 29.3. The number of amides is 1. The third-order valence-corrected chi connectivity index (χ3v) is 5.01. The molecule has 145 valence electrons. The van der Waals surface area contributed by atoms with E-state index in [0.29, 0.717) is 5.82 Å². The Bertz CT molecular complexity index is 1040. The van der Waals surface area contributed by atoms with Crippen LogP contribution >= 0.6 is 11.3 Å². The molecule has 9 heteroatoms.